The molecule has 2 N–H and O–H groups in total. The maximum absolute atomic E-state index is 12.9. The first kappa shape index (κ1) is 22.1. The monoisotopic (exact) mass is 475 g/mol. The number of nitro benzene ring substituents is 1. The van der Waals surface area contributed by atoms with Gasteiger partial charge in [0, 0.05) is 21.8 Å². The van der Waals surface area contributed by atoms with Crippen molar-refractivity contribution < 1.29 is 32.4 Å². The summed E-state index contributed by atoms with van der Waals surface area (Å²) in [6, 6.07) is 6.61. The number of hydrogen-bond acceptors (Lipinski definition) is 5. The Morgan fingerprint density at radius 2 is 1.90 bits per heavy atom. The smallest absolute Gasteiger partial charge is 0.417 e. The van der Waals surface area contributed by atoms with Gasteiger partial charge >= 0.3 is 11.9 Å². The number of methoxy groups -OCH3 is 1. The second-order valence-corrected chi connectivity index (χ2v) is 6.42. The van der Waals surface area contributed by atoms with E-state index in [2.05, 4.69) is 26.6 Å². The number of ether oxygens (including phenoxy) is 1. The molecular formula is C17H13BrF3N3O5. The number of carbonyl (C=O) groups excluding carboxylic acids is 2. The van der Waals surface area contributed by atoms with Gasteiger partial charge in [-0.25, -0.2) is 0 Å². The largest absolute Gasteiger partial charge is 0.490 e. The lowest BCUT2D eigenvalue weighted by atomic mass is 10.1. The van der Waals surface area contributed by atoms with Crippen molar-refractivity contribution in [3.63, 3.8) is 0 Å². The zero-order valence-electron chi connectivity index (χ0n) is 14.7. The molecule has 0 fully saturated rings. The van der Waals surface area contributed by atoms with Crippen LogP contribution in [0.4, 0.5) is 24.5 Å². The molecule has 0 heterocycles. The van der Waals surface area contributed by atoms with Crippen LogP contribution in [0.3, 0.4) is 0 Å². The van der Waals surface area contributed by atoms with Crippen LogP contribution in [-0.4, -0.2) is 30.4 Å². The third-order valence-electron chi connectivity index (χ3n) is 3.60. The fourth-order valence-corrected chi connectivity index (χ4v) is 2.73. The molecule has 0 aliphatic carbocycles. The van der Waals surface area contributed by atoms with Crippen LogP contribution in [0.15, 0.2) is 40.9 Å². The lowest BCUT2D eigenvalue weighted by molar-refractivity contribution is -0.385. The molecule has 0 atom stereocenters. The molecule has 0 spiro atoms. The van der Waals surface area contributed by atoms with Crippen LogP contribution in [0.1, 0.15) is 15.9 Å². The summed E-state index contributed by atoms with van der Waals surface area (Å²) in [5.74, 6) is -1.60. The Morgan fingerprint density at radius 1 is 1.21 bits per heavy atom. The van der Waals surface area contributed by atoms with E-state index in [-0.39, 0.29) is 21.5 Å². The Morgan fingerprint density at radius 3 is 2.48 bits per heavy atom. The molecule has 0 saturated heterocycles. The molecule has 2 rings (SSSR count). The molecule has 0 bridgehead atoms. The normalized spacial score (nSPS) is 10.9. The van der Waals surface area contributed by atoms with Crippen LogP contribution in [0, 0.1) is 10.1 Å². The molecule has 2 aromatic rings. The Kier molecular flexibility index (Phi) is 6.80. The number of rotatable bonds is 6. The Hall–Kier alpha value is -3.15. The predicted molar refractivity (Wildman–Crippen MR) is 99.8 cm³/mol. The Balaban J connectivity index is 2.04. The van der Waals surface area contributed by atoms with Gasteiger partial charge in [-0.05, 0) is 30.3 Å². The fourth-order valence-electron chi connectivity index (χ4n) is 2.26. The van der Waals surface area contributed by atoms with Gasteiger partial charge in [-0.15, -0.1) is 0 Å². The first-order valence-corrected chi connectivity index (χ1v) is 8.59. The lowest BCUT2D eigenvalue weighted by Gasteiger charge is -2.12. The molecule has 2 amide bonds. The average molecular weight is 476 g/mol. The number of nitrogens with one attached hydrogen (secondary N) is 2. The first-order valence-electron chi connectivity index (χ1n) is 7.80. The molecule has 0 aliphatic heterocycles. The van der Waals surface area contributed by atoms with E-state index in [9.17, 15) is 32.9 Å². The van der Waals surface area contributed by atoms with E-state index in [4.69, 9.17) is 4.74 Å². The molecular weight excluding hydrogens is 463 g/mol. The molecule has 2 aromatic carbocycles. The lowest BCUT2D eigenvalue weighted by Crippen LogP contribution is -2.32. The minimum absolute atomic E-state index is 0.0417. The van der Waals surface area contributed by atoms with E-state index in [1.165, 1.54) is 25.3 Å². The summed E-state index contributed by atoms with van der Waals surface area (Å²) >= 11 is 2.79. The number of nitro groups is 1. The maximum atomic E-state index is 12.9. The number of benzene rings is 2. The van der Waals surface area contributed by atoms with Gasteiger partial charge in [0.2, 0.25) is 5.91 Å². The Bertz CT molecular complexity index is 966. The highest BCUT2D eigenvalue weighted by atomic mass is 79.9. The van der Waals surface area contributed by atoms with Gasteiger partial charge in [-0.1, -0.05) is 15.9 Å². The second-order valence-electron chi connectivity index (χ2n) is 5.57. The Labute approximate surface area is 170 Å². The molecule has 0 radical (unpaired) electrons. The van der Waals surface area contributed by atoms with E-state index in [0.29, 0.717) is 0 Å². The van der Waals surface area contributed by atoms with Gasteiger partial charge in [0.15, 0.2) is 5.75 Å². The van der Waals surface area contributed by atoms with Gasteiger partial charge in [0.1, 0.15) is 0 Å². The molecule has 12 heteroatoms. The topological polar surface area (TPSA) is 111 Å². The molecule has 0 saturated carbocycles. The van der Waals surface area contributed by atoms with Crippen molar-refractivity contribution in [2.24, 2.45) is 0 Å². The average Bonchev–Trinajstić information content (AvgIpc) is 2.66. The van der Waals surface area contributed by atoms with E-state index < -0.39 is 40.7 Å². The minimum atomic E-state index is -4.61. The van der Waals surface area contributed by atoms with Crippen molar-refractivity contribution in [3.05, 3.63) is 62.1 Å². The van der Waals surface area contributed by atoms with Gasteiger partial charge in [0.25, 0.3) is 5.91 Å². The number of alkyl halides is 3. The van der Waals surface area contributed by atoms with E-state index in [1.54, 1.807) is 0 Å². The van der Waals surface area contributed by atoms with Gasteiger partial charge < -0.3 is 15.4 Å². The number of anilines is 1. The summed E-state index contributed by atoms with van der Waals surface area (Å²) in [4.78, 5) is 34.3. The number of halogens is 4. The molecule has 0 aliphatic rings. The number of hydrogen-bond donors (Lipinski definition) is 2. The van der Waals surface area contributed by atoms with E-state index in [0.717, 1.165) is 18.2 Å². The number of carbonyl (C=O) groups is 2. The highest BCUT2D eigenvalue weighted by molar-refractivity contribution is 9.10. The second kappa shape index (κ2) is 8.90. The van der Waals surface area contributed by atoms with Crippen LogP contribution in [-0.2, 0) is 11.0 Å². The molecule has 154 valence electrons. The zero-order valence-corrected chi connectivity index (χ0v) is 16.3. The minimum Gasteiger partial charge on any atom is -0.490 e. The quantitative estimate of drug-likeness (QED) is 0.488. The maximum Gasteiger partial charge on any atom is 0.417 e. The third-order valence-corrected chi connectivity index (χ3v) is 4.29. The highest BCUT2D eigenvalue weighted by Crippen LogP contribution is 2.36. The third kappa shape index (κ3) is 5.67. The number of nitrogens with zero attached hydrogens (tertiary/aromatic N) is 1. The van der Waals surface area contributed by atoms with Gasteiger partial charge in [0.05, 0.1) is 24.1 Å². The van der Waals surface area contributed by atoms with Crippen LogP contribution in [0.5, 0.6) is 5.75 Å². The van der Waals surface area contributed by atoms with Gasteiger partial charge in [-0.2, -0.15) is 13.2 Å². The first-order chi connectivity index (χ1) is 13.5. The van der Waals surface area contributed by atoms with E-state index in [1.807, 2.05) is 0 Å². The molecule has 29 heavy (non-hydrogen) atoms. The molecule has 8 nitrogen and oxygen atoms in total. The summed E-state index contributed by atoms with van der Waals surface area (Å²) in [6.45, 7) is -0.559. The van der Waals surface area contributed by atoms with Crippen LogP contribution >= 0.6 is 15.9 Å². The summed E-state index contributed by atoms with van der Waals surface area (Å²) in [6.07, 6.45) is -4.61. The van der Waals surface area contributed by atoms with Crippen molar-refractivity contribution in [2.75, 3.05) is 19.0 Å². The number of amides is 2. The summed E-state index contributed by atoms with van der Waals surface area (Å²) < 4.78 is 43.3. The van der Waals surface area contributed by atoms with Crippen LogP contribution < -0.4 is 15.4 Å². The standard InChI is InChI=1S/C17H13BrF3N3O5/c1-29-14-5-2-9(6-13(14)24(27)28)16(26)22-8-15(25)23-10-3-4-12(18)11(7-10)17(19,20)21/h2-7H,8H2,1H3,(H,22,26)(H,23,25). The summed E-state index contributed by atoms with van der Waals surface area (Å²) in [5, 5.41) is 15.5. The summed E-state index contributed by atoms with van der Waals surface area (Å²) in [5.41, 5.74) is -1.60. The molecule has 0 aromatic heterocycles. The van der Waals surface area contributed by atoms with Crippen molar-refractivity contribution in [3.8, 4) is 5.75 Å². The fraction of sp³-hybridized carbons (Fsp3) is 0.176. The van der Waals surface area contributed by atoms with Crippen molar-refractivity contribution in [1.82, 2.24) is 5.32 Å². The van der Waals surface area contributed by atoms with Gasteiger partial charge in [-0.3, -0.25) is 19.7 Å². The predicted octanol–water partition coefficient (Wildman–Crippen LogP) is 3.75. The van der Waals surface area contributed by atoms with E-state index >= 15 is 0 Å². The van der Waals surface area contributed by atoms with Crippen molar-refractivity contribution >= 4 is 39.1 Å². The van der Waals surface area contributed by atoms with Crippen LogP contribution in [0.2, 0.25) is 0 Å². The van der Waals surface area contributed by atoms with Crippen molar-refractivity contribution in [1.29, 1.82) is 0 Å². The highest BCUT2D eigenvalue weighted by Gasteiger charge is 2.33. The van der Waals surface area contributed by atoms with Crippen molar-refractivity contribution in [2.45, 2.75) is 6.18 Å². The molecule has 0 unspecified atom stereocenters. The summed E-state index contributed by atoms with van der Waals surface area (Å²) in [7, 11) is 1.23. The zero-order chi connectivity index (χ0) is 21.8. The SMILES string of the molecule is COc1ccc(C(=O)NCC(=O)Nc2ccc(Br)c(C(F)(F)F)c2)cc1[N+](=O)[O-]. The van der Waals surface area contributed by atoms with Crippen LogP contribution in [0.25, 0.3) is 0 Å².